The van der Waals surface area contributed by atoms with Gasteiger partial charge in [-0.1, -0.05) is 30.0 Å². The Morgan fingerprint density at radius 1 is 1.10 bits per heavy atom. The van der Waals surface area contributed by atoms with Crippen molar-refractivity contribution in [3.05, 3.63) is 59.7 Å². The van der Waals surface area contributed by atoms with Crippen LogP contribution in [-0.4, -0.2) is 11.1 Å². The Kier molecular flexibility index (Phi) is 4.57. The fraction of sp³-hybridized carbons (Fsp3) is 0.133. The van der Waals surface area contributed by atoms with E-state index in [9.17, 15) is 18.0 Å². The molecule has 2 nitrogen and oxygen atoms in total. The largest absolute Gasteiger partial charge is 0.481 e. The summed E-state index contributed by atoms with van der Waals surface area (Å²) in [7, 11) is 0. The van der Waals surface area contributed by atoms with Gasteiger partial charge in [-0.25, -0.2) is 0 Å². The highest BCUT2D eigenvalue weighted by Crippen LogP contribution is 2.35. The van der Waals surface area contributed by atoms with Crippen LogP contribution in [0.1, 0.15) is 11.1 Å². The van der Waals surface area contributed by atoms with Crippen LogP contribution in [0.25, 0.3) is 0 Å². The topological polar surface area (TPSA) is 37.3 Å². The Morgan fingerprint density at radius 3 is 2.33 bits per heavy atom. The number of hydrogen-bond donors (Lipinski definition) is 1. The van der Waals surface area contributed by atoms with E-state index in [4.69, 9.17) is 5.11 Å². The number of halogens is 3. The van der Waals surface area contributed by atoms with Crippen molar-refractivity contribution < 1.29 is 23.1 Å². The molecule has 110 valence electrons. The zero-order valence-corrected chi connectivity index (χ0v) is 11.5. The van der Waals surface area contributed by atoms with Crippen LogP contribution in [-0.2, 0) is 17.4 Å². The highest BCUT2D eigenvalue weighted by atomic mass is 32.2. The quantitative estimate of drug-likeness (QED) is 0.904. The molecule has 2 rings (SSSR count). The minimum Gasteiger partial charge on any atom is -0.481 e. The van der Waals surface area contributed by atoms with E-state index >= 15 is 0 Å². The normalized spacial score (nSPS) is 11.4. The summed E-state index contributed by atoms with van der Waals surface area (Å²) in [4.78, 5) is 12.2. The molecular formula is C15H11F3O2S. The van der Waals surface area contributed by atoms with Crippen LogP contribution in [0.4, 0.5) is 13.2 Å². The van der Waals surface area contributed by atoms with E-state index in [0.717, 1.165) is 17.0 Å². The van der Waals surface area contributed by atoms with E-state index in [2.05, 4.69) is 0 Å². The standard InChI is InChI=1S/C15H11F3O2S/c16-15(17,18)11-6-7-13(10(8-11)9-14(19)20)21-12-4-2-1-3-5-12/h1-8H,9H2,(H,19,20). The van der Waals surface area contributed by atoms with Gasteiger partial charge in [0.1, 0.15) is 0 Å². The van der Waals surface area contributed by atoms with Crippen LogP contribution >= 0.6 is 11.8 Å². The fourth-order valence-electron chi connectivity index (χ4n) is 1.77. The lowest BCUT2D eigenvalue weighted by Gasteiger charge is -2.12. The predicted octanol–water partition coefficient (Wildman–Crippen LogP) is 4.48. The third-order valence-electron chi connectivity index (χ3n) is 2.70. The summed E-state index contributed by atoms with van der Waals surface area (Å²) in [6.45, 7) is 0. The first-order valence-corrected chi connectivity index (χ1v) is 6.83. The number of carbonyl (C=O) groups is 1. The first kappa shape index (κ1) is 15.4. The highest BCUT2D eigenvalue weighted by Gasteiger charge is 2.31. The Labute approximate surface area is 123 Å². The predicted molar refractivity (Wildman–Crippen MR) is 73.3 cm³/mol. The van der Waals surface area contributed by atoms with Gasteiger partial charge in [0.15, 0.2) is 0 Å². The van der Waals surface area contributed by atoms with E-state index in [-0.39, 0.29) is 5.56 Å². The average molecular weight is 312 g/mol. The molecule has 0 aromatic heterocycles. The van der Waals surface area contributed by atoms with Crippen molar-refractivity contribution in [1.29, 1.82) is 0 Å². The van der Waals surface area contributed by atoms with Crippen molar-refractivity contribution in [2.24, 2.45) is 0 Å². The first-order chi connectivity index (χ1) is 9.86. The summed E-state index contributed by atoms with van der Waals surface area (Å²) < 4.78 is 38.1. The molecule has 0 saturated carbocycles. The summed E-state index contributed by atoms with van der Waals surface area (Å²) in [6, 6.07) is 12.3. The third kappa shape index (κ3) is 4.26. The van der Waals surface area contributed by atoms with Gasteiger partial charge < -0.3 is 5.11 Å². The van der Waals surface area contributed by atoms with Gasteiger partial charge in [-0.3, -0.25) is 4.79 Å². The van der Waals surface area contributed by atoms with Crippen molar-refractivity contribution in [3.8, 4) is 0 Å². The molecule has 0 radical (unpaired) electrons. The molecule has 0 atom stereocenters. The second kappa shape index (κ2) is 6.22. The molecule has 0 aliphatic heterocycles. The molecule has 0 unspecified atom stereocenters. The van der Waals surface area contributed by atoms with Crippen LogP contribution < -0.4 is 0 Å². The molecule has 0 heterocycles. The lowest BCUT2D eigenvalue weighted by molar-refractivity contribution is -0.138. The van der Waals surface area contributed by atoms with Crippen LogP contribution in [0, 0.1) is 0 Å². The molecule has 0 amide bonds. The zero-order chi connectivity index (χ0) is 15.5. The molecule has 0 spiro atoms. The van der Waals surface area contributed by atoms with Gasteiger partial charge in [-0.2, -0.15) is 13.2 Å². The summed E-state index contributed by atoms with van der Waals surface area (Å²) >= 11 is 1.24. The van der Waals surface area contributed by atoms with Crippen LogP contribution in [0.15, 0.2) is 58.3 Å². The number of rotatable bonds is 4. The Hall–Kier alpha value is -1.95. The van der Waals surface area contributed by atoms with Crippen molar-refractivity contribution in [2.45, 2.75) is 22.4 Å². The van der Waals surface area contributed by atoms with E-state index in [1.54, 1.807) is 0 Å². The first-order valence-electron chi connectivity index (χ1n) is 6.01. The van der Waals surface area contributed by atoms with Gasteiger partial charge in [0, 0.05) is 9.79 Å². The number of carboxylic acid groups (broad SMARTS) is 1. The van der Waals surface area contributed by atoms with E-state index in [1.807, 2.05) is 30.3 Å². The van der Waals surface area contributed by atoms with Gasteiger partial charge in [0.05, 0.1) is 12.0 Å². The lowest BCUT2D eigenvalue weighted by Crippen LogP contribution is -2.08. The number of carboxylic acids is 1. The second-order valence-corrected chi connectivity index (χ2v) is 5.42. The van der Waals surface area contributed by atoms with Crippen molar-refractivity contribution in [2.75, 3.05) is 0 Å². The summed E-state index contributed by atoms with van der Waals surface area (Å²) in [5.74, 6) is -1.16. The smallest absolute Gasteiger partial charge is 0.416 e. The molecule has 6 heteroatoms. The minimum atomic E-state index is -4.48. The maximum atomic E-state index is 12.7. The molecule has 2 aromatic carbocycles. The molecule has 1 N–H and O–H groups in total. The van der Waals surface area contributed by atoms with Crippen LogP contribution in [0.3, 0.4) is 0 Å². The molecule has 0 fully saturated rings. The van der Waals surface area contributed by atoms with Crippen molar-refractivity contribution in [1.82, 2.24) is 0 Å². The number of hydrogen-bond acceptors (Lipinski definition) is 2. The SMILES string of the molecule is O=C(O)Cc1cc(C(F)(F)F)ccc1Sc1ccccc1. The summed E-state index contributed by atoms with van der Waals surface area (Å²) in [5, 5.41) is 8.86. The second-order valence-electron chi connectivity index (χ2n) is 4.31. The zero-order valence-electron chi connectivity index (χ0n) is 10.7. The van der Waals surface area contributed by atoms with Gasteiger partial charge in [0.25, 0.3) is 0 Å². The van der Waals surface area contributed by atoms with Crippen LogP contribution in [0.2, 0.25) is 0 Å². The fourth-order valence-corrected chi connectivity index (χ4v) is 2.72. The summed E-state index contributed by atoms with van der Waals surface area (Å²) in [5.41, 5.74) is -0.678. The highest BCUT2D eigenvalue weighted by molar-refractivity contribution is 7.99. The number of aliphatic carboxylic acids is 1. The molecule has 0 aliphatic rings. The van der Waals surface area contributed by atoms with Crippen molar-refractivity contribution >= 4 is 17.7 Å². The Balaban J connectivity index is 2.38. The van der Waals surface area contributed by atoms with E-state index in [0.29, 0.717) is 4.90 Å². The molecule has 2 aromatic rings. The van der Waals surface area contributed by atoms with Crippen LogP contribution in [0.5, 0.6) is 0 Å². The van der Waals surface area contributed by atoms with Crippen molar-refractivity contribution in [3.63, 3.8) is 0 Å². The number of benzene rings is 2. The van der Waals surface area contributed by atoms with Gasteiger partial charge >= 0.3 is 12.1 Å². The maximum absolute atomic E-state index is 12.7. The van der Waals surface area contributed by atoms with Gasteiger partial charge in [-0.05, 0) is 35.9 Å². The average Bonchev–Trinajstić information content (AvgIpc) is 2.40. The molecular weight excluding hydrogens is 301 g/mol. The maximum Gasteiger partial charge on any atom is 0.416 e. The third-order valence-corrected chi connectivity index (χ3v) is 3.83. The molecule has 0 saturated heterocycles. The monoisotopic (exact) mass is 312 g/mol. The molecule has 0 aliphatic carbocycles. The Morgan fingerprint density at radius 2 is 1.76 bits per heavy atom. The lowest BCUT2D eigenvalue weighted by atomic mass is 10.1. The molecule has 0 bridgehead atoms. The van der Waals surface area contributed by atoms with E-state index < -0.39 is 24.1 Å². The number of alkyl halides is 3. The van der Waals surface area contributed by atoms with E-state index in [1.165, 1.54) is 17.8 Å². The summed E-state index contributed by atoms with van der Waals surface area (Å²) in [6.07, 6.45) is -4.93. The Bertz CT molecular complexity index is 639. The van der Waals surface area contributed by atoms with Gasteiger partial charge in [-0.15, -0.1) is 0 Å². The van der Waals surface area contributed by atoms with Gasteiger partial charge in [0.2, 0.25) is 0 Å². The molecule has 21 heavy (non-hydrogen) atoms. The minimum absolute atomic E-state index is 0.158.